The second kappa shape index (κ2) is 4.73. The van der Waals surface area contributed by atoms with E-state index in [-0.39, 0.29) is 5.82 Å². The standard InChI is InChI=1S/C17H14FN/c1-12-2-4-13(5-3-12)15-10-17(19-11-15)14-6-8-16(18)9-7-14/h2-11,19H,1H3. The fourth-order valence-corrected chi connectivity index (χ4v) is 2.10. The summed E-state index contributed by atoms with van der Waals surface area (Å²) in [5, 5.41) is 0. The van der Waals surface area contributed by atoms with E-state index in [1.54, 1.807) is 12.1 Å². The molecule has 0 aliphatic carbocycles. The number of nitrogens with one attached hydrogen (secondary N) is 1. The summed E-state index contributed by atoms with van der Waals surface area (Å²) in [5.41, 5.74) is 5.54. The van der Waals surface area contributed by atoms with Crippen LogP contribution in [-0.4, -0.2) is 4.98 Å². The van der Waals surface area contributed by atoms with E-state index in [0.29, 0.717) is 0 Å². The largest absolute Gasteiger partial charge is 0.361 e. The Morgan fingerprint density at radius 2 is 1.42 bits per heavy atom. The maximum Gasteiger partial charge on any atom is 0.123 e. The second-order valence-electron chi connectivity index (χ2n) is 4.67. The van der Waals surface area contributed by atoms with E-state index in [9.17, 15) is 4.39 Å². The molecule has 0 radical (unpaired) electrons. The van der Waals surface area contributed by atoms with Crippen LogP contribution in [0.2, 0.25) is 0 Å². The summed E-state index contributed by atoms with van der Waals surface area (Å²) in [7, 11) is 0. The monoisotopic (exact) mass is 251 g/mol. The molecule has 19 heavy (non-hydrogen) atoms. The molecule has 0 saturated carbocycles. The van der Waals surface area contributed by atoms with Crippen LogP contribution in [0.25, 0.3) is 22.4 Å². The van der Waals surface area contributed by atoms with Crippen molar-refractivity contribution in [2.75, 3.05) is 0 Å². The van der Waals surface area contributed by atoms with Gasteiger partial charge in [0.1, 0.15) is 5.82 Å². The van der Waals surface area contributed by atoms with Crippen LogP contribution in [0.1, 0.15) is 5.56 Å². The zero-order valence-corrected chi connectivity index (χ0v) is 10.7. The predicted molar refractivity (Wildman–Crippen MR) is 76.4 cm³/mol. The van der Waals surface area contributed by atoms with Gasteiger partial charge in [-0.3, -0.25) is 0 Å². The fourth-order valence-electron chi connectivity index (χ4n) is 2.10. The van der Waals surface area contributed by atoms with Gasteiger partial charge in [0.05, 0.1) is 0 Å². The van der Waals surface area contributed by atoms with Gasteiger partial charge in [0.15, 0.2) is 0 Å². The van der Waals surface area contributed by atoms with E-state index in [2.05, 4.69) is 42.2 Å². The highest BCUT2D eigenvalue weighted by molar-refractivity contribution is 5.71. The third kappa shape index (κ3) is 2.43. The van der Waals surface area contributed by atoms with Crippen LogP contribution in [-0.2, 0) is 0 Å². The number of benzene rings is 2. The van der Waals surface area contributed by atoms with Gasteiger partial charge in [-0.25, -0.2) is 4.39 Å². The zero-order chi connectivity index (χ0) is 13.2. The summed E-state index contributed by atoms with van der Waals surface area (Å²) >= 11 is 0. The molecule has 2 aromatic carbocycles. The van der Waals surface area contributed by atoms with Gasteiger partial charge in [0.25, 0.3) is 0 Å². The van der Waals surface area contributed by atoms with Gasteiger partial charge in [-0.05, 0) is 53.9 Å². The minimum Gasteiger partial charge on any atom is -0.361 e. The number of aromatic nitrogens is 1. The van der Waals surface area contributed by atoms with E-state index in [1.165, 1.54) is 23.3 Å². The smallest absolute Gasteiger partial charge is 0.123 e. The van der Waals surface area contributed by atoms with E-state index in [0.717, 1.165) is 16.8 Å². The van der Waals surface area contributed by atoms with Gasteiger partial charge < -0.3 is 4.98 Å². The summed E-state index contributed by atoms with van der Waals surface area (Å²) in [6.45, 7) is 2.07. The highest BCUT2D eigenvalue weighted by Gasteiger charge is 2.04. The lowest BCUT2D eigenvalue weighted by Crippen LogP contribution is -1.77. The molecule has 2 heteroatoms. The molecule has 0 saturated heterocycles. The van der Waals surface area contributed by atoms with Gasteiger partial charge in [-0.1, -0.05) is 29.8 Å². The molecule has 94 valence electrons. The Hall–Kier alpha value is -2.35. The molecule has 0 atom stereocenters. The van der Waals surface area contributed by atoms with E-state index >= 15 is 0 Å². The van der Waals surface area contributed by atoms with Crippen molar-refractivity contribution in [3.8, 4) is 22.4 Å². The Bertz CT molecular complexity index is 618. The van der Waals surface area contributed by atoms with Gasteiger partial charge in [0.2, 0.25) is 0 Å². The first-order chi connectivity index (χ1) is 9.22. The predicted octanol–water partition coefficient (Wildman–Crippen LogP) is 4.80. The summed E-state index contributed by atoms with van der Waals surface area (Å²) in [6.07, 6.45) is 1.98. The lowest BCUT2D eigenvalue weighted by molar-refractivity contribution is 0.628. The van der Waals surface area contributed by atoms with E-state index in [4.69, 9.17) is 0 Å². The van der Waals surface area contributed by atoms with E-state index in [1.807, 2.05) is 6.20 Å². The van der Waals surface area contributed by atoms with Crippen LogP contribution in [0.3, 0.4) is 0 Å². The van der Waals surface area contributed by atoms with Crippen molar-refractivity contribution < 1.29 is 4.39 Å². The van der Waals surface area contributed by atoms with Gasteiger partial charge in [-0.2, -0.15) is 0 Å². The molecule has 1 nitrogen and oxygen atoms in total. The number of aryl methyl sites for hydroxylation is 1. The number of aromatic amines is 1. The normalized spacial score (nSPS) is 10.6. The highest BCUT2D eigenvalue weighted by atomic mass is 19.1. The third-order valence-electron chi connectivity index (χ3n) is 3.22. The van der Waals surface area contributed by atoms with Gasteiger partial charge in [0, 0.05) is 11.9 Å². The number of rotatable bonds is 2. The zero-order valence-electron chi connectivity index (χ0n) is 10.7. The molecule has 0 bridgehead atoms. The summed E-state index contributed by atoms with van der Waals surface area (Å²) in [4.78, 5) is 3.23. The minimum atomic E-state index is -0.214. The Balaban J connectivity index is 1.95. The van der Waals surface area contributed by atoms with Crippen LogP contribution in [0, 0.1) is 12.7 Å². The van der Waals surface area contributed by atoms with Crippen LogP contribution in [0.4, 0.5) is 4.39 Å². The van der Waals surface area contributed by atoms with Crippen LogP contribution >= 0.6 is 0 Å². The number of H-pyrrole nitrogens is 1. The quantitative estimate of drug-likeness (QED) is 0.673. The van der Waals surface area contributed by atoms with Crippen molar-refractivity contribution in [1.29, 1.82) is 0 Å². The number of halogens is 1. The Labute approximate surface area is 111 Å². The lowest BCUT2D eigenvalue weighted by atomic mass is 10.1. The van der Waals surface area contributed by atoms with E-state index < -0.39 is 0 Å². The fraction of sp³-hybridized carbons (Fsp3) is 0.0588. The van der Waals surface area contributed by atoms with Crippen molar-refractivity contribution in [3.63, 3.8) is 0 Å². The topological polar surface area (TPSA) is 15.8 Å². The van der Waals surface area contributed by atoms with Crippen molar-refractivity contribution in [2.45, 2.75) is 6.92 Å². The maximum absolute atomic E-state index is 12.9. The SMILES string of the molecule is Cc1ccc(-c2c[nH]c(-c3ccc(F)cc3)c2)cc1. The molecule has 0 amide bonds. The molecule has 0 spiro atoms. The molecule has 1 N–H and O–H groups in total. The molecular weight excluding hydrogens is 237 g/mol. The molecule has 0 aliphatic heterocycles. The molecule has 0 aliphatic rings. The highest BCUT2D eigenvalue weighted by Crippen LogP contribution is 2.26. The maximum atomic E-state index is 12.9. The Morgan fingerprint density at radius 1 is 0.789 bits per heavy atom. The van der Waals surface area contributed by atoms with Crippen molar-refractivity contribution in [1.82, 2.24) is 4.98 Å². The average molecular weight is 251 g/mol. The molecule has 3 aromatic rings. The van der Waals surface area contributed by atoms with Crippen molar-refractivity contribution in [3.05, 3.63) is 72.2 Å². The molecule has 0 unspecified atom stereocenters. The first-order valence-electron chi connectivity index (χ1n) is 6.24. The summed E-state index contributed by atoms with van der Waals surface area (Å²) < 4.78 is 12.9. The summed E-state index contributed by atoms with van der Waals surface area (Å²) in [6, 6.07) is 17.0. The number of hydrogen-bond donors (Lipinski definition) is 1. The second-order valence-corrected chi connectivity index (χ2v) is 4.67. The molecule has 1 aromatic heterocycles. The molecular formula is C17H14FN. The first kappa shape index (κ1) is 11.7. The summed E-state index contributed by atoms with van der Waals surface area (Å²) in [5.74, 6) is -0.214. The number of hydrogen-bond acceptors (Lipinski definition) is 0. The minimum absolute atomic E-state index is 0.214. The first-order valence-corrected chi connectivity index (χ1v) is 6.24. The van der Waals surface area contributed by atoms with Crippen LogP contribution in [0.15, 0.2) is 60.8 Å². The third-order valence-corrected chi connectivity index (χ3v) is 3.22. The van der Waals surface area contributed by atoms with Crippen molar-refractivity contribution in [2.24, 2.45) is 0 Å². The van der Waals surface area contributed by atoms with Gasteiger partial charge >= 0.3 is 0 Å². The Morgan fingerprint density at radius 3 is 2.11 bits per heavy atom. The van der Waals surface area contributed by atoms with Crippen molar-refractivity contribution >= 4 is 0 Å². The van der Waals surface area contributed by atoms with Crippen LogP contribution < -0.4 is 0 Å². The molecule has 0 fully saturated rings. The lowest BCUT2D eigenvalue weighted by Gasteiger charge is -1.98. The molecule has 1 heterocycles. The molecule has 3 rings (SSSR count). The Kier molecular flexibility index (Phi) is 2.92. The average Bonchev–Trinajstić information content (AvgIpc) is 2.90. The van der Waals surface area contributed by atoms with Gasteiger partial charge in [-0.15, -0.1) is 0 Å². The van der Waals surface area contributed by atoms with Crippen LogP contribution in [0.5, 0.6) is 0 Å².